The average Bonchev–Trinajstić information content (AvgIpc) is 2.27. The van der Waals surface area contributed by atoms with Crippen molar-refractivity contribution < 1.29 is 0 Å². The average molecular weight is 182 g/mol. The van der Waals surface area contributed by atoms with Crippen molar-refractivity contribution in [2.75, 3.05) is 13.1 Å². The smallest absolute Gasteiger partial charge is 0.0198 e. The highest BCUT2D eigenvalue weighted by molar-refractivity contribution is 4.92. The van der Waals surface area contributed by atoms with Crippen LogP contribution in [0.3, 0.4) is 0 Å². The van der Waals surface area contributed by atoms with Gasteiger partial charge in [-0.1, -0.05) is 0 Å². The van der Waals surface area contributed by atoms with E-state index in [0.29, 0.717) is 5.54 Å². The third kappa shape index (κ3) is 2.05. The van der Waals surface area contributed by atoms with Gasteiger partial charge in [-0.3, -0.25) is 4.90 Å². The summed E-state index contributed by atoms with van der Waals surface area (Å²) in [5.41, 5.74) is 0.353. The van der Waals surface area contributed by atoms with Crippen LogP contribution in [0.2, 0.25) is 0 Å². The lowest BCUT2D eigenvalue weighted by Gasteiger charge is -2.36. The Morgan fingerprint density at radius 1 is 1.08 bits per heavy atom. The predicted molar refractivity (Wildman–Crippen MR) is 55.9 cm³/mol. The maximum atomic E-state index is 3.71. The zero-order chi connectivity index (χ0) is 9.47. The Balaban J connectivity index is 2.01. The predicted octanol–water partition coefficient (Wildman–Crippen LogP) is 1.61. The van der Waals surface area contributed by atoms with Crippen molar-refractivity contribution in [2.24, 2.45) is 0 Å². The Kier molecular flexibility index (Phi) is 2.37. The molecule has 2 unspecified atom stereocenters. The lowest BCUT2D eigenvalue weighted by molar-refractivity contribution is 0.129. The Morgan fingerprint density at radius 3 is 2.46 bits per heavy atom. The molecule has 1 N–H and O–H groups in total. The first-order valence-corrected chi connectivity index (χ1v) is 5.57. The highest BCUT2D eigenvalue weighted by Gasteiger charge is 2.32. The van der Waals surface area contributed by atoms with E-state index in [1.54, 1.807) is 0 Å². The third-order valence-corrected chi connectivity index (χ3v) is 3.47. The van der Waals surface area contributed by atoms with Gasteiger partial charge in [0.15, 0.2) is 0 Å². The van der Waals surface area contributed by atoms with E-state index in [9.17, 15) is 0 Å². The molecule has 0 spiro atoms. The highest BCUT2D eigenvalue weighted by Crippen LogP contribution is 2.24. The summed E-state index contributed by atoms with van der Waals surface area (Å²) in [6.07, 6.45) is 4.13. The van der Waals surface area contributed by atoms with E-state index in [2.05, 4.69) is 31.0 Å². The van der Waals surface area contributed by atoms with Crippen molar-refractivity contribution >= 4 is 0 Å². The van der Waals surface area contributed by atoms with E-state index in [1.807, 2.05) is 0 Å². The molecule has 2 nitrogen and oxygen atoms in total. The van der Waals surface area contributed by atoms with Crippen molar-refractivity contribution in [3.8, 4) is 0 Å². The molecule has 0 saturated carbocycles. The first-order valence-electron chi connectivity index (χ1n) is 5.57. The molecular formula is C11H22N2. The molecule has 2 saturated heterocycles. The minimum atomic E-state index is 0.353. The molecule has 2 aliphatic heterocycles. The quantitative estimate of drug-likeness (QED) is 0.612. The van der Waals surface area contributed by atoms with Crippen LogP contribution >= 0.6 is 0 Å². The van der Waals surface area contributed by atoms with Crippen LogP contribution in [-0.4, -0.2) is 35.6 Å². The molecule has 0 aromatic rings. The Bertz CT molecular complexity index is 183. The van der Waals surface area contributed by atoms with Crippen LogP contribution in [0.15, 0.2) is 0 Å². The van der Waals surface area contributed by atoms with Crippen LogP contribution in [0.25, 0.3) is 0 Å². The van der Waals surface area contributed by atoms with Gasteiger partial charge in [-0.15, -0.1) is 0 Å². The lowest BCUT2D eigenvalue weighted by Crippen LogP contribution is -2.46. The summed E-state index contributed by atoms with van der Waals surface area (Å²) in [7, 11) is 0. The van der Waals surface area contributed by atoms with E-state index >= 15 is 0 Å². The zero-order valence-electron chi connectivity index (χ0n) is 9.14. The van der Waals surface area contributed by atoms with Gasteiger partial charge in [-0.2, -0.15) is 0 Å². The minimum absolute atomic E-state index is 0.353. The largest absolute Gasteiger partial charge is 0.310 e. The van der Waals surface area contributed by atoms with Crippen molar-refractivity contribution in [1.29, 1.82) is 0 Å². The topological polar surface area (TPSA) is 15.3 Å². The van der Waals surface area contributed by atoms with Crippen LogP contribution in [0.4, 0.5) is 0 Å². The van der Waals surface area contributed by atoms with Gasteiger partial charge < -0.3 is 5.32 Å². The fourth-order valence-corrected chi connectivity index (χ4v) is 2.55. The van der Waals surface area contributed by atoms with Gasteiger partial charge >= 0.3 is 0 Å². The normalized spacial score (nSPS) is 36.2. The summed E-state index contributed by atoms with van der Waals surface area (Å²) < 4.78 is 0. The zero-order valence-corrected chi connectivity index (χ0v) is 9.14. The summed E-state index contributed by atoms with van der Waals surface area (Å²) >= 11 is 0. The summed E-state index contributed by atoms with van der Waals surface area (Å²) in [4.78, 5) is 2.63. The van der Waals surface area contributed by atoms with E-state index in [1.165, 1.54) is 32.4 Å². The summed E-state index contributed by atoms with van der Waals surface area (Å²) in [6.45, 7) is 9.50. The van der Waals surface area contributed by atoms with Crippen LogP contribution in [0, 0.1) is 0 Å². The van der Waals surface area contributed by atoms with Crippen molar-refractivity contribution in [2.45, 2.75) is 57.7 Å². The Hall–Kier alpha value is -0.0800. The molecule has 0 radical (unpaired) electrons. The SMILES string of the molecule is CC(C)(C)N1CCC2CCC(C1)N2. The molecule has 2 heteroatoms. The van der Waals surface area contributed by atoms with Gasteiger partial charge in [0, 0.05) is 30.7 Å². The third-order valence-electron chi connectivity index (χ3n) is 3.47. The van der Waals surface area contributed by atoms with Crippen molar-refractivity contribution in [3.05, 3.63) is 0 Å². The fraction of sp³-hybridized carbons (Fsp3) is 1.00. The number of nitrogens with zero attached hydrogens (tertiary/aromatic N) is 1. The van der Waals surface area contributed by atoms with Crippen molar-refractivity contribution in [1.82, 2.24) is 10.2 Å². The summed E-state index contributed by atoms with van der Waals surface area (Å²) in [6, 6.07) is 1.59. The molecule has 0 aromatic carbocycles. The van der Waals surface area contributed by atoms with Gasteiger partial charge in [-0.05, 0) is 40.0 Å². The minimum Gasteiger partial charge on any atom is -0.310 e. The van der Waals surface area contributed by atoms with E-state index < -0.39 is 0 Å². The monoisotopic (exact) mass is 182 g/mol. The van der Waals surface area contributed by atoms with Crippen LogP contribution < -0.4 is 5.32 Å². The van der Waals surface area contributed by atoms with Crippen molar-refractivity contribution in [3.63, 3.8) is 0 Å². The number of hydrogen-bond acceptors (Lipinski definition) is 2. The fourth-order valence-electron chi connectivity index (χ4n) is 2.55. The second kappa shape index (κ2) is 3.25. The lowest BCUT2D eigenvalue weighted by atomic mass is 10.0. The molecule has 0 aromatic heterocycles. The number of rotatable bonds is 0. The van der Waals surface area contributed by atoms with Gasteiger partial charge in [0.05, 0.1) is 0 Å². The molecule has 2 rings (SSSR count). The van der Waals surface area contributed by atoms with E-state index in [0.717, 1.165) is 12.1 Å². The molecule has 2 heterocycles. The number of nitrogens with one attached hydrogen (secondary N) is 1. The van der Waals surface area contributed by atoms with E-state index in [-0.39, 0.29) is 0 Å². The maximum Gasteiger partial charge on any atom is 0.0198 e. The Labute approximate surface area is 81.7 Å². The van der Waals surface area contributed by atoms with E-state index in [4.69, 9.17) is 0 Å². The van der Waals surface area contributed by atoms with Gasteiger partial charge in [0.2, 0.25) is 0 Å². The molecule has 0 aliphatic carbocycles. The molecule has 0 amide bonds. The molecule has 76 valence electrons. The maximum absolute atomic E-state index is 3.71. The standard InChI is InChI=1S/C11H22N2/c1-11(2,3)13-7-6-9-4-5-10(8-13)12-9/h9-10,12H,4-8H2,1-3H3. The summed E-state index contributed by atoms with van der Waals surface area (Å²) in [5.74, 6) is 0. The van der Waals surface area contributed by atoms with Gasteiger partial charge in [0.1, 0.15) is 0 Å². The molecule has 13 heavy (non-hydrogen) atoms. The second-order valence-corrected chi connectivity index (χ2v) is 5.54. The van der Waals surface area contributed by atoms with Gasteiger partial charge in [0.25, 0.3) is 0 Å². The highest BCUT2D eigenvalue weighted by atomic mass is 15.2. The summed E-state index contributed by atoms with van der Waals surface area (Å²) in [5, 5.41) is 3.71. The first kappa shape index (κ1) is 9.47. The molecule has 2 bridgehead atoms. The number of likely N-dealkylation sites (tertiary alicyclic amines) is 1. The number of hydrogen-bond donors (Lipinski definition) is 1. The first-order chi connectivity index (χ1) is 6.05. The Morgan fingerprint density at radius 2 is 1.77 bits per heavy atom. The molecular weight excluding hydrogens is 160 g/mol. The van der Waals surface area contributed by atoms with Gasteiger partial charge in [-0.25, -0.2) is 0 Å². The second-order valence-electron chi connectivity index (χ2n) is 5.54. The molecule has 2 fully saturated rings. The van der Waals surface area contributed by atoms with Crippen LogP contribution in [-0.2, 0) is 0 Å². The van der Waals surface area contributed by atoms with Crippen LogP contribution in [0.5, 0.6) is 0 Å². The van der Waals surface area contributed by atoms with Crippen LogP contribution in [0.1, 0.15) is 40.0 Å². The number of fused-ring (bicyclic) bond motifs is 2. The molecule has 2 aliphatic rings. The molecule has 2 atom stereocenters.